The van der Waals surface area contributed by atoms with E-state index < -0.39 is 96.2 Å². The molecule has 3 aromatic carbocycles. The Kier molecular flexibility index (Phi) is 14.4. The number of esters is 2. The summed E-state index contributed by atoms with van der Waals surface area (Å²) < 4.78 is 34.1. The summed E-state index contributed by atoms with van der Waals surface area (Å²) in [5, 5.41) is 52.6. The number of benzene rings is 3. The first-order valence-corrected chi connectivity index (χ1v) is 14.7. The second kappa shape index (κ2) is 17.8. The van der Waals surface area contributed by atoms with Gasteiger partial charge in [-0.1, -0.05) is 29.7 Å². The van der Waals surface area contributed by atoms with Crippen LogP contribution in [0, 0.1) is 0 Å². The van der Waals surface area contributed by atoms with Crippen LogP contribution in [0.5, 0.6) is 40.2 Å². The molecule has 0 radical (unpaired) electrons. The number of phenols is 1. The van der Waals surface area contributed by atoms with Gasteiger partial charge in [-0.25, -0.2) is 0 Å². The topological polar surface area (TPSA) is 248 Å². The van der Waals surface area contributed by atoms with Gasteiger partial charge in [-0.3, -0.25) is 24.0 Å². The predicted molar refractivity (Wildman–Crippen MR) is 156 cm³/mol. The molecule has 258 valence electrons. The third-order valence-corrected chi connectivity index (χ3v) is 7.52. The summed E-state index contributed by atoms with van der Waals surface area (Å²) in [5.41, 5.74) is 0.0814. The largest absolute Gasteiger partial charge is 1.00 e. The van der Waals surface area contributed by atoms with Crippen LogP contribution >= 0.6 is 0 Å². The van der Waals surface area contributed by atoms with Crippen molar-refractivity contribution >= 4 is 29.7 Å². The van der Waals surface area contributed by atoms with Crippen LogP contribution in [0.3, 0.4) is 0 Å². The van der Waals surface area contributed by atoms with Crippen molar-refractivity contribution in [3.05, 3.63) is 65.2 Å². The average Bonchev–Trinajstić information content (AvgIpc) is 3.05. The van der Waals surface area contributed by atoms with Crippen molar-refractivity contribution in [2.75, 3.05) is 13.7 Å². The third-order valence-electron chi connectivity index (χ3n) is 7.52. The standard InChI is InChI=1S/C33H30O16.2Na/c1-44-21-10-15(2-4-18(21)35)31-24(14-45-27(41)8-6-25(37)38)46-20-5-3-16(11-22(20)47-31)32-33(49-28(42)9-7-26(39)40)30(43)29-19(36)12-17(34)13-23(29)48-32;;/h2-5,10-13,24,31-36H,6-9,14H2,1H3,(H,37,38)(H,39,40);;/q;2*+1/p-2/t24-,31-,32+,33-;;/m0../s1. The number of carboxylic acids is 2. The molecule has 4 atom stereocenters. The molecule has 0 fully saturated rings. The van der Waals surface area contributed by atoms with Crippen molar-refractivity contribution < 1.29 is 137 Å². The van der Waals surface area contributed by atoms with Crippen LogP contribution < -0.4 is 88.3 Å². The fourth-order valence-corrected chi connectivity index (χ4v) is 5.21. The van der Waals surface area contributed by atoms with E-state index in [1.165, 1.54) is 43.5 Å². The Morgan fingerprint density at radius 2 is 1.37 bits per heavy atom. The van der Waals surface area contributed by atoms with E-state index in [4.69, 9.17) is 38.6 Å². The molecule has 0 amide bonds. The van der Waals surface area contributed by atoms with Gasteiger partial charge in [0.05, 0.1) is 38.4 Å². The first kappa shape index (κ1) is 41.2. The molecule has 0 aromatic heterocycles. The Morgan fingerprint density at radius 3 is 2.04 bits per heavy atom. The molecule has 2 aliphatic heterocycles. The monoisotopic (exact) mass is 726 g/mol. The first-order chi connectivity index (χ1) is 23.3. The fraction of sp³-hybridized carbons (Fsp3) is 0.303. The van der Waals surface area contributed by atoms with Gasteiger partial charge in [-0.2, -0.15) is 0 Å². The number of hydrogen-bond donors (Lipinski definition) is 3. The van der Waals surface area contributed by atoms with Gasteiger partial charge in [0.15, 0.2) is 29.8 Å². The number of hydrogen-bond acceptors (Lipinski definition) is 14. The van der Waals surface area contributed by atoms with E-state index in [0.717, 1.165) is 12.1 Å². The molecule has 0 unspecified atom stereocenters. The first-order valence-electron chi connectivity index (χ1n) is 14.7. The zero-order chi connectivity index (χ0) is 35.4. The Bertz CT molecular complexity index is 1810. The molecule has 5 rings (SSSR count). The Labute approximate surface area is 333 Å². The quantitative estimate of drug-likeness (QED) is 0.119. The maximum Gasteiger partial charge on any atom is 1.00 e. The third kappa shape index (κ3) is 9.78. The van der Waals surface area contributed by atoms with Crippen LogP contribution in [-0.2, 0) is 28.7 Å². The minimum atomic E-state index is -1.74. The zero-order valence-electron chi connectivity index (χ0n) is 27.6. The Hall–Kier alpha value is -4.19. The van der Waals surface area contributed by atoms with Crippen molar-refractivity contribution in [3.8, 4) is 40.2 Å². The summed E-state index contributed by atoms with van der Waals surface area (Å²) in [4.78, 5) is 60.2. The second-order valence-electron chi connectivity index (χ2n) is 10.9. The van der Waals surface area contributed by atoms with E-state index in [0.29, 0.717) is 5.56 Å². The number of carbonyl (C=O) groups is 5. The Balaban J connectivity index is 0.00000351. The SMILES string of the molecule is COc1cc([C@@H]2Oc3cc([C@H]4Oc5cc(O)cc([O-])c5C(=O)[C@@H]4OC(=O)CCC(=O)O)ccc3O[C@H]2COC(=O)CCC(=O)O)ccc1[O-].[Na+].[Na+]. The van der Waals surface area contributed by atoms with Crippen molar-refractivity contribution in [2.45, 2.75) is 50.1 Å². The van der Waals surface area contributed by atoms with E-state index in [1.54, 1.807) is 0 Å². The van der Waals surface area contributed by atoms with Crippen molar-refractivity contribution in [3.63, 3.8) is 0 Å². The normalized spacial score (nSPS) is 18.4. The smallest absolute Gasteiger partial charge is 0.872 e. The molecular weight excluding hydrogens is 698 g/mol. The number of rotatable bonds is 12. The molecule has 2 heterocycles. The number of methoxy groups -OCH3 is 1. The molecule has 16 nitrogen and oxygen atoms in total. The number of carbonyl (C=O) groups excluding carboxylic acids is 3. The van der Waals surface area contributed by atoms with Gasteiger partial charge in [-0.15, -0.1) is 0 Å². The maximum absolute atomic E-state index is 13.6. The minimum absolute atomic E-state index is 0. The summed E-state index contributed by atoms with van der Waals surface area (Å²) in [6.07, 6.45) is -7.18. The molecule has 0 saturated carbocycles. The summed E-state index contributed by atoms with van der Waals surface area (Å²) in [6, 6.07) is 10.2. The van der Waals surface area contributed by atoms with E-state index in [-0.39, 0.29) is 101 Å². The molecule has 51 heavy (non-hydrogen) atoms. The molecule has 3 aromatic rings. The van der Waals surface area contributed by atoms with E-state index in [1.807, 2.05) is 0 Å². The number of aliphatic carboxylic acids is 2. The van der Waals surface area contributed by atoms with Gasteiger partial charge in [0, 0.05) is 11.6 Å². The van der Waals surface area contributed by atoms with E-state index in [9.17, 15) is 39.3 Å². The summed E-state index contributed by atoms with van der Waals surface area (Å²) in [7, 11) is 1.30. The van der Waals surface area contributed by atoms with Gasteiger partial charge in [0.25, 0.3) is 0 Å². The summed E-state index contributed by atoms with van der Waals surface area (Å²) in [5.74, 6) is -7.12. The molecular formula is C33H28Na2O16. The van der Waals surface area contributed by atoms with Crippen LogP contribution in [0.4, 0.5) is 0 Å². The van der Waals surface area contributed by atoms with Crippen LogP contribution in [0.15, 0.2) is 48.5 Å². The van der Waals surface area contributed by atoms with Gasteiger partial charge in [0.1, 0.15) is 23.9 Å². The minimum Gasteiger partial charge on any atom is -0.872 e. The van der Waals surface area contributed by atoms with Crippen molar-refractivity contribution in [1.29, 1.82) is 0 Å². The zero-order valence-corrected chi connectivity index (χ0v) is 31.6. The fourth-order valence-electron chi connectivity index (χ4n) is 5.21. The van der Waals surface area contributed by atoms with E-state index >= 15 is 0 Å². The molecule has 3 N–H and O–H groups in total. The van der Waals surface area contributed by atoms with Gasteiger partial charge in [0.2, 0.25) is 11.9 Å². The number of fused-ring (bicyclic) bond motifs is 2. The second-order valence-corrected chi connectivity index (χ2v) is 10.9. The number of phenolic OH excluding ortho intramolecular Hbond substituents is 1. The number of ketones is 1. The van der Waals surface area contributed by atoms with Crippen molar-refractivity contribution in [2.24, 2.45) is 0 Å². The van der Waals surface area contributed by atoms with Crippen LogP contribution in [0.2, 0.25) is 0 Å². The molecule has 0 aliphatic carbocycles. The molecule has 0 spiro atoms. The predicted octanol–water partition coefficient (Wildman–Crippen LogP) is -4.06. The van der Waals surface area contributed by atoms with Crippen LogP contribution in [0.1, 0.15) is 59.4 Å². The summed E-state index contributed by atoms with van der Waals surface area (Å²) >= 11 is 0. The van der Waals surface area contributed by atoms with Crippen LogP contribution in [-0.4, -0.2) is 70.9 Å². The maximum atomic E-state index is 13.6. The average molecular weight is 727 g/mol. The van der Waals surface area contributed by atoms with Gasteiger partial charge >= 0.3 is 83.0 Å². The van der Waals surface area contributed by atoms with Gasteiger partial charge < -0.3 is 54.0 Å². The number of Topliss-reactive ketones (excluding diaryl/α,β-unsaturated/α-hetero) is 1. The molecule has 0 bridgehead atoms. The number of ether oxygens (including phenoxy) is 6. The van der Waals surface area contributed by atoms with Gasteiger partial charge in [-0.05, 0) is 29.8 Å². The molecule has 2 aliphatic rings. The van der Waals surface area contributed by atoms with Crippen LogP contribution in [0.25, 0.3) is 0 Å². The molecule has 18 heteroatoms. The number of carboxylic acid groups (broad SMARTS) is 2. The summed E-state index contributed by atoms with van der Waals surface area (Å²) in [6.45, 7) is -0.377. The van der Waals surface area contributed by atoms with E-state index in [2.05, 4.69) is 0 Å². The molecule has 0 saturated heterocycles. The number of aromatic hydroxyl groups is 1. The Morgan fingerprint density at radius 1 is 0.745 bits per heavy atom. The van der Waals surface area contributed by atoms with Crippen molar-refractivity contribution in [1.82, 2.24) is 0 Å².